The smallest absolute Gasteiger partial charge is 0.220 e. The summed E-state index contributed by atoms with van der Waals surface area (Å²) < 4.78 is 0. The zero-order chi connectivity index (χ0) is 51.3. The van der Waals surface area contributed by atoms with Crippen LogP contribution in [0.25, 0.3) is 0 Å². The number of unbranched alkanes of at least 4 members (excludes halogenated alkanes) is 56. The summed E-state index contributed by atoms with van der Waals surface area (Å²) in [7, 11) is 0. The summed E-state index contributed by atoms with van der Waals surface area (Å²) >= 11 is 0. The summed E-state index contributed by atoms with van der Waals surface area (Å²) in [5.41, 5.74) is 0. The highest BCUT2D eigenvalue weighted by atomic mass is 16.3. The van der Waals surface area contributed by atoms with Crippen molar-refractivity contribution in [2.75, 3.05) is 6.61 Å². The molecule has 1 amide bonds. The Hall–Kier alpha value is -0.870. The van der Waals surface area contributed by atoms with Gasteiger partial charge in [0.05, 0.1) is 18.8 Å². The highest BCUT2D eigenvalue weighted by Crippen LogP contribution is 2.19. The molecule has 71 heavy (non-hydrogen) atoms. The van der Waals surface area contributed by atoms with Crippen LogP contribution in [-0.4, -0.2) is 34.9 Å². The van der Waals surface area contributed by atoms with E-state index in [-0.39, 0.29) is 12.5 Å². The summed E-state index contributed by atoms with van der Waals surface area (Å²) in [6.07, 6.45) is 84.4. The first-order valence-electron chi connectivity index (χ1n) is 33.4. The average molecular weight is 1000 g/mol. The van der Waals surface area contributed by atoms with E-state index in [9.17, 15) is 15.0 Å². The lowest BCUT2D eigenvalue weighted by Crippen LogP contribution is -2.45. The van der Waals surface area contributed by atoms with Gasteiger partial charge in [-0.05, 0) is 19.3 Å². The van der Waals surface area contributed by atoms with E-state index >= 15 is 0 Å². The number of carbonyl (C=O) groups excluding carboxylic acids is 1. The van der Waals surface area contributed by atoms with E-state index in [4.69, 9.17) is 0 Å². The zero-order valence-corrected chi connectivity index (χ0v) is 49.0. The van der Waals surface area contributed by atoms with Crippen LogP contribution >= 0.6 is 0 Å². The zero-order valence-electron chi connectivity index (χ0n) is 49.0. The molecule has 0 aromatic heterocycles. The molecular formula is C67H133NO3. The molecule has 0 saturated carbocycles. The highest BCUT2D eigenvalue weighted by Gasteiger charge is 2.18. The average Bonchev–Trinajstić information content (AvgIpc) is 3.37. The monoisotopic (exact) mass is 1000 g/mol. The van der Waals surface area contributed by atoms with Crippen molar-refractivity contribution < 1.29 is 15.0 Å². The fraction of sp³-hybridized carbons (Fsp3) is 0.955. The van der Waals surface area contributed by atoms with Crippen molar-refractivity contribution in [2.45, 2.75) is 405 Å². The Morgan fingerprint density at radius 2 is 0.521 bits per heavy atom. The van der Waals surface area contributed by atoms with Gasteiger partial charge in [-0.2, -0.15) is 0 Å². The fourth-order valence-corrected chi connectivity index (χ4v) is 11.0. The van der Waals surface area contributed by atoms with E-state index in [0.29, 0.717) is 6.42 Å². The number of aliphatic hydroxyl groups excluding tert-OH is 2. The Bertz CT molecular complexity index is 998. The molecule has 0 rings (SSSR count). The van der Waals surface area contributed by atoms with Crippen LogP contribution in [0.1, 0.15) is 393 Å². The van der Waals surface area contributed by atoms with Gasteiger partial charge in [-0.3, -0.25) is 4.79 Å². The first kappa shape index (κ1) is 70.1. The van der Waals surface area contributed by atoms with Crippen LogP contribution in [-0.2, 0) is 4.79 Å². The van der Waals surface area contributed by atoms with Gasteiger partial charge in [-0.25, -0.2) is 0 Å². The number of amides is 1. The minimum absolute atomic E-state index is 0.0536. The summed E-state index contributed by atoms with van der Waals surface area (Å²) in [5, 5.41) is 23.3. The van der Waals surface area contributed by atoms with Crippen LogP contribution in [0.4, 0.5) is 0 Å². The first-order valence-corrected chi connectivity index (χ1v) is 33.4. The molecule has 0 aromatic rings. The van der Waals surface area contributed by atoms with Crippen LogP contribution in [0.3, 0.4) is 0 Å². The van der Waals surface area contributed by atoms with Crippen LogP contribution < -0.4 is 5.32 Å². The number of allylic oxidation sites excluding steroid dienone is 1. The summed E-state index contributed by atoms with van der Waals surface area (Å²) in [6.45, 7) is 4.36. The molecule has 0 aromatic carbocycles. The molecule has 424 valence electrons. The number of nitrogens with one attached hydrogen (secondary N) is 1. The Morgan fingerprint density at radius 3 is 0.732 bits per heavy atom. The van der Waals surface area contributed by atoms with Gasteiger partial charge >= 0.3 is 0 Å². The molecule has 0 radical (unpaired) electrons. The third-order valence-corrected chi connectivity index (χ3v) is 16.0. The van der Waals surface area contributed by atoms with Gasteiger partial charge in [0.2, 0.25) is 5.91 Å². The molecule has 4 nitrogen and oxygen atoms in total. The van der Waals surface area contributed by atoms with Crippen molar-refractivity contribution in [3.63, 3.8) is 0 Å². The Labute approximate surface area is 447 Å². The quantitative estimate of drug-likeness (QED) is 0.0420. The minimum Gasteiger partial charge on any atom is -0.394 e. The number of rotatable bonds is 63. The van der Waals surface area contributed by atoms with Crippen molar-refractivity contribution in [1.82, 2.24) is 5.32 Å². The van der Waals surface area contributed by atoms with E-state index < -0.39 is 12.1 Å². The van der Waals surface area contributed by atoms with Crippen molar-refractivity contribution in [1.29, 1.82) is 0 Å². The van der Waals surface area contributed by atoms with E-state index in [1.807, 2.05) is 6.08 Å². The second-order valence-corrected chi connectivity index (χ2v) is 23.3. The number of hydrogen-bond acceptors (Lipinski definition) is 3. The topological polar surface area (TPSA) is 69.6 Å². The summed E-state index contributed by atoms with van der Waals surface area (Å²) in [6, 6.07) is -0.619. The van der Waals surface area contributed by atoms with E-state index in [1.54, 1.807) is 6.08 Å². The van der Waals surface area contributed by atoms with Crippen molar-refractivity contribution >= 4 is 5.91 Å². The predicted molar refractivity (Wildman–Crippen MR) is 318 cm³/mol. The summed E-state index contributed by atoms with van der Waals surface area (Å²) in [4.78, 5) is 12.5. The molecule has 0 fully saturated rings. The van der Waals surface area contributed by atoms with Gasteiger partial charge < -0.3 is 15.5 Å². The molecule has 0 aliphatic carbocycles. The molecule has 0 aliphatic heterocycles. The lowest BCUT2D eigenvalue weighted by Gasteiger charge is -2.20. The first-order chi connectivity index (χ1) is 35.2. The van der Waals surface area contributed by atoms with Gasteiger partial charge in [-0.15, -0.1) is 0 Å². The molecule has 0 bridgehead atoms. The highest BCUT2D eigenvalue weighted by molar-refractivity contribution is 5.76. The summed E-state index contributed by atoms with van der Waals surface area (Å²) in [5.74, 6) is -0.0536. The van der Waals surface area contributed by atoms with Crippen LogP contribution in [0.15, 0.2) is 12.2 Å². The molecule has 0 spiro atoms. The second kappa shape index (κ2) is 63.4. The largest absolute Gasteiger partial charge is 0.394 e. The fourth-order valence-electron chi connectivity index (χ4n) is 11.0. The van der Waals surface area contributed by atoms with E-state index in [0.717, 1.165) is 25.7 Å². The maximum Gasteiger partial charge on any atom is 0.220 e. The van der Waals surface area contributed by atoms with Crippen molar-refractivity contribution in [3.8, 4) is 0 Å². The third kappa shape index (κ3) is 59.9. The minimum atomic E-state index is -0.836. The van der Waals surface area contributed by atoms with Crippen LogP contribution in [0.5, 0.6) is 0 Å². The van der Waals surface area contributed by atoms with Crippen LogP contribution in [0, 0.1) is 0 Å². The van der Waals surface area contributed by atoms with E-state index in [1.165, 1.54) is 347 Å². The normalized spacial score (nSPS) is 12.7. The molecule has 2 atom stereocenters. The van der Waals surface area contributed by atoms with Gasteiger partial charge in [0, 0.05) is 6.42 Å². The maximum absolute atomic E-state index is 12.5. The molecule has 4 heteroatoms. The van der Waals surface area contributed by atoms with Gasteiger partial charge in [0.1, 0.15) is 0 Å². The molecule has 2 unspecified atom stereocenters. The number of carbonyl (C=O) groups is 1. The van der Waals surface area contributed by atoms with Crippen LogP contribution in [0.2, 0.25) is 0 Å². The lowest BCUT2D eigenvalue weighted by atomic mass is 10.0. The molecule has 0 aliphatic rings. The SMILES string of the molecule is CCCCCCCCCCCCCCCCCCCCCCCC/C=C/C(O)C(CO)NC(=O)CCCCCCCCCCCCCCCCCCCCCCCCCCCCCCCCCCCCC. The molecule has 0 saturated heterocycles. The standard InChI is InChI=1S/C67H133NO3/c1-3-5-7-9-11-13-15-17-19-21-23-25-27-29-30-31-32-33-34-35-36-37-38-39-41-43-45-47-49-51-53-55-57-59-61-63-67(71)68-65(64-69)66(70)62-60-58-56-54-52-50-48-46-44-42-40-28-26-24-22-20-18-16-14-12-10-8-6-4-2/h60,62,65-66,69-70H,3-59,61,63-64H2,1-2H3,(H,68,71)/b62-60+. The number of hydrogen-bond donors (Lipinski definition) is 3. The van der Waals surface area contributed by atoms with Gasteiger partial charge in [0.25, 0.3) is 0 Å². The second-order valence-electron chi connectivity index (χ2n) is 23.3. The molecule has 0 heterocycles. The van der Waals surface area contributed by atoms with Crippen molar-refractivity contribution in [3.05, 3.63) is 12.2 Å². The molecule has 3 N–H and O–H groups in total. The molecular weight excluding hydrogens is 867 g/mol. The van der Waals surface area contributed by atoms with E-state index in [2.05, 4.69) is 19.2 Å². The Kier molecular flexibility index (Phi) is 62.6. The Balaban J connectivity index is 3.39. The Morgan fingerprint density at radius 1 is 0.324 bits per heavy atom. The number of aliphatic hydroxyl groups is 2. The van der Waals surface area contributed by atoms with Gasteiger partial charge in [-0.1, -0.05) is 379 Å². The lowest BCUT2D eigenvalue weighted by molar-refractivity contribution is -0.123. The predicted octanol–water partition coefficient (Wildman–Crippen LogP) is 22.4. The third-order valence-electron chi connectivity index (χ3n) is 16.0. The maximum atomic E-state index is 12.5. The van der Waals surface area contributed by atoms with Crippen molar-refractivity contribution in [2.24, 2.45) is 0 Å². The van der Waals surface area contributed by atoms with Gasteiger partial charge in [0.15, 0.2) is 0 Å².